The highest BCUT2D eigenvalue weighted by molar-refractivity contribution is 5.97. The fraction of sp³-hybridized carbons (Fsp3) is 0.176. The SMILES string of the molecule is Cc1ccccc1C(=O)NCC(=O)NNc1ccc(C(F)(F)F)cc1[N+](=O)[O-]. The number of amides is 2. The molecule has 0 fully saturated rings. The standard InChI is InChI=1S/C17H15F3N4O4/c1-10-4-2-3-5-12(10)16(26)21-9-15(25)23-22-13-7-6-11(17(18,19)20)8-14(13)24(27)28/h2-8,22H,9H2,1H3,(H,21,26)(H,23,25). The second-order valence-electron chi connectivity index (χ2n) is 5.66. The number of alkyl halides is 3. The van der Waals surface area contributed by atoms with E-state index in [-0.39, 0.29) is 5.69 Å². The lowest BCUT2D eigenvalue weighted by Gasteiger charge is -2.12. The zero-order valence-electron chi connectivity index (χ0n) is 14.5. The Morgan fingerprint density at radius 3 is 2.43 bits per heavy atom. The van der Waals surface area contributed by atoms with Crippen molar-refractivity contribution in [2.24, 2.45) is 0 Å². The van der Waals surface area contributed by atoms with Gasteiger partial charge in [0.1, 0.15) is 5.69 Å². The zero-order valence-corrected chi connectivity index (χ0v) is 14.5. The number of nitrogens with zero attached hydrogens (tertiary/aromatic N) is 1. The molecule has 0 heterocycles. The van der Waals surface area contributed by atoms with Crippen LogP contribution in [0, 0.1) is 17.0 Å². The molecule has 11 heteroatoms. The molecule has 2 aromatic carbocycles. The van der Waals surface area contributed by atoms with Crippen molar-refractivity contribution in [1.29, 1.82) is 0 Å². The van der Waals surface area contributed by atoms with Crippen molar-refractivity contribution in [2.75, 3.05) is 12.0 Å². The number of anilines is 1. The van der Waals surface area contributed by atoms with Crippen LogP contribution in [0.15, 0.2) is 42.5 Å². The fourth-order valence-corrected chi connectivity index (χ4v) is 2.23. The molecule has 8 nitrogen and oxygen atoms in total. The van der Waals surface area contributed by atoms with Crippen LogP contribution in [-0.2, 0) is 11.0 Å². The van der Waals surface area contributed by atoms with Crippen molar-refractivity contribution in [1.82, 2.24) is 10.7 Å². The van der Waals surface area contributed by atoms with Gasteiger partial charge < -0.3 is 5.32 Å². The Hall–Kier alpha value is -3.63. The third kappa shape index (κ3) is 5.19. The topological polar surface area (TPSA) is 113 Å². The van der Waals surface area contributed by atoms with Crippen LogP contribution >= 0.6 is 0 Å². The summed E-state index contributed by atoms with van der Waals surface area (Å²) in [6, 6.07) is 8.53. The molecule has 2 rings (SSSR count). The van der Waals surface area contributed by atoms with E-state index in [0.717, 1.165) is 6.07 Å². The third-order valence-electron chi connectivity index (χ3n) is 3.66. The molecule has 0 atom stereocenters. The number of carbonyl (C=O) groups is 2. The van der Waals surface area contributed by atoms with Crippen LogP contribution in [0.2, 0.25) is 0 Å². The molecule has 0 aliphatic rings. The molecule has 3 N–H and O–H groups in total. The smallest absolute Gasteiger partial charge is 0.343 e. The summed E-state index contributed by atoms with van der Waals surface area (Å²) >= 11 is 0. The van der Waals surface area contributed by atoms with E-state index in [0.29, 0.717) is 23.3 Å². The predicted octanol–water partition coefficient (Wildman–Crippen LogP) is 2.80. The normalized spacial score (nSPS) is 10.9. The number of nitro groups is 1. The number of hydrazine groups is 1. The minimum atomic E-state index is -4.74. The van der Waals surface area contributed by atoms with Crippen molar-refractivity contribution in [3.63, 3.8) is 0 Å². The monoisotopic (exact) mass is 396 g/mol. The minimum Gasteiger partial charge on any atom is -0.343 e. The van der Waals surface area contributed by atoms with Gasteiger partial charge in [-0.2, -0.15) is 13.2 Å². The fourth-order valence-electron chi connectivity index (χ4n) is 2.23. The van der Waals surface area contributed by atoms with E-state index in [1.165, 1.54) is 0 Å². The first-order valence-corrected chi connectivity index (χ1v) is 7.84. The summed E-state index contributed by atoms with van der Waals surface area (Å²) in [6.07, 6.45) is -4.74. The average Bonchev–Trinajstić information content (AvgIpc) is 2.63. The first-order chi connectivity index (χ1) is 13.1. The molecular formula is C17H15F3N4O4. The number of aryl methyl sites for hydroxylation is 1. The lowest BCUT2D eigenvalue weighted by Crippen LogP contribution is -2.39. The van der Waals surface area contributed by atoms with Gasteiger partial charge in [-0.25, -0.2) is 0 Å². The first-order valence-electron chi connectivity index (χ1n) is 7.84. The van der Waals surface area contributed by atoms with Gasteiger partial charge in [0.15, 0.2) is 0 Å². The van der Waals surface area contributed by atoms with Crippen LogP contribution in [0.4, 0.5) is 24.5 Å². The van der Waals surface area contributed by atoms with Crippen molar-refractivity contribution in [3.05, 3.63) is 69.3 Å². The van der Waals surface area contributed by atoms with Crippen LogP contribution in [-0.4, -0.2) is 23.3 Å². The van der Waals surface area contributed by atoms with E-state index >= 15 is 0 Å². The quantitative estimate of drug-likeness (QED) is 0.513. The summed E-state index contributed by atoms with van der Waals surface area (Å²) in [7, 11) is 0. The summed E-state index contributed by atoms with van der Waals surface area (Å²) < 4.78 is 38.0. The molecule has 2 amide bonds. The predicted molar refractivity (Wildman–Crippen MR) is 93.4 cm³/mol. The van der Waals surface area contributed by atoms with Crippen LogP contribution in [0.1, 0.15) is 21.5 Å². The summed E-state index contributed by atoms with van der Waals surface area (Å²) in [6.45, 7) is 1.27. The largest absolute Gasteiger partial charge is 0.416 e. The molecule has 0 saturated carbocycles. The minimum absolute atomic E-state index is 0.336. The highest BCUT2D eigenvalue weighted by Gasteiger charge is 2.33. The first kappa shape index (κ1) is 20.7. The summed E-state index contributed by atoms with van der Waals surface area (Å²) in [5, 5.41) is 13.3. The van der Waals surface area contributed by atoms with E-state index in [1.54, 1.807) is 31.2 Å². The van der Waals surface area contributed by atoms with E-state index in [2.05, 4.69) is 16.2 Å². The van der Waals surface area contributed by atoms with Gasteiger partial charge in [-0.1, -0.05) is 18.2 Å². The molecular weight excluding hydrogens is 381 g/mol. The van der Waals surface area contributed by atoms with Gasteiger partial charge >= 0.3 is 6.18 Å². The number of hydrogen-bond acceptors (Lipinski definition) is 5. The summed E-state index contributed by atoms with van der Waals surface area (Å²) in [5.41, 5.74) is 2.96. The van der Waals surface area contributed by atoms with E-state index in [1.807, 2.05) is 0 Å². The van der Waals surface area contributed by atoms with Crippen LogP contribution < -0.4 is 16.2 Å². The number of halogens is 3. The highest BCUT2D eigenvalue weighted by atomic mass is 19.4. The molecule has 0 aliphatic carbocycles. The van der Waals surface area contributed by atoms with Gasteiger partial charge in [0, 0.05) is 11.6 Å². The average molecular weight is 396 g/mol. The molecule has 0 radical (unpaired) electrons. The molecule has 2 aromatic rings. The number of carbonyl (C=O) groups excluding carboxylic acids is 2. The Kier molecular flexibility index (Phi) is 6.18. The van der Waals surface area contributed by atoms with Gasteiger partial charge in [-0.3, -0.25) is 30.6 Å². The lowest BCUT2D eigenvalue weighted by molar-refractivity contribution is -0.384. The number of nitrogens with one attached hydrogen (secondary N) is 3. The maximum atomic E-state index is 12.7. The van der Waals surface area contributed by atoms with Crippen molar-refractivity contribution in [3.8, 4) is 0 Å². The molecule has 148 valence electrons. The van der Waals surface area contributed by atoms with Gasteiger partial charge in [0.05, 0.1) is 17.0 Å². The van der Waals surface area contributed by atoms with E-state index in [9.17, 15) is 32.9 Å². The molecule has 28 heavy (non-hydrogen) atoms. The van der Waals surface area contributed by atoms with Crippen LogP contribution in [0.3, 0.4) is 0 Å². The molecule has 0 aliphatic heterocycles. The Labute approximate surface area is 156 Å². The Balaban J connectivity index is 1.98. The molecule has 0 spiro atoms. The molecule has 0 unspecified atom stereocenters. The third-order valence-corrected chi connectivity index (χ3v) is 3.66. The number of hydrogen-bond donors (Lipinski definition) is 3. The molecule has 0 bridgehead atoms. The molecule has 0 aromatic heterocycles. The van der Waals surface area contributed by atoms with Crippen LogP contribution in [0.5, 0.6) is 0 Å². The second-order valence-corrected chi connectivity index (χ2v) is 5.66. The number of benzene rings is 2. The van der Waals surface area contributed by atoms with Gasteiger partial charge in [0.25, 0.3) is 17.5 Å². The highest BCUT2D eigenvalue weighted by Crippen LogP contribution is 2.34. The van der Waals surface area contributed by atoms with Crippen LogP contribution in [0.25, 0.3) is 0 Å². The van der Waals surface area contributed by atoms with E-state index in [4.69, 9.17) is 0 Å². The van der Waals surface area contributed by atoms with Gasteiger partial charge in [0.2, 0.25) is 0 Å². The Morgan fingerprint density at radius 1 is 1.14 bits per heavy atom. The lowest BCUT2D eigenvalue weighted by atomic mass is 10.1. The maximum absolute atomic E-state index is 12.7. The Morgan fingerprint density at radius 2 is 1.82 bits per heavy atom. The van der Waals surface area contributed by atoms with Crippen molar-refractivity contribution < 1.29 is 27.7 Å². The Bertz CT molecular complexity index is 916. The summed E-state index contributed by atoms with van der Waals surface area (Å²) in [5.74, 6) is -1.25. The second kappa shape index (κ2) is 8.37. The maximum Gasteiger partial charge on any atom is 0.416 e. The zero-order chi connectivity index (χ0) is 20.9. The van der Waals surface area contributed by atoms with E-state index < -0.39 is 40.7 Å². The van der Waals surface area contributed by atoms with Crippen molar-refractivity contribution in [2.45, 2.75) is 13.1 Å². The van der Waals surface area contributed by atoms with Crippen molar-refractivity contribution >= 4 is 23.2 Å². The van der Waals surface area contributed by atoms with Gasteiger partial charge in [-0.05, 0) is 30.7 Å². The number of rotatable bonds is 6. The molecule has 0 saturated heterocycles. The summed E-state index contributed by atoms with van der Waals surface area (Å²) in [4.78, 5) is 33.8. The number of nitro benzene ring substituents is 1. The van der Waals surface area contributed by atoms with Gasteiger partial charge in [-0.15, -0.1) is 0 Å².